The highest BCUT2D eigenvalue weighted by atomic mass is 16.5. The molecule has 2 aliphatic carbocycles. The highest BCUT2D eigenvalue weighted by Gasteiger charge is 2.38. The summed E-state index contributed by atoms with van der Waals surface area (Å²) in [6, 6.07) is 21.1. The summed E-state index contributed by atoms with van der Waals surface area (Å²) in [5, 5.41) is 0. The van der Waals surface area contributed by atoms with Gasteiger partial charge in [0.15, 0.2) is 5.78 Å². The monoisotopic (exact) mass is 380 g/mol. The average Bonchev–Trinajstić information content (AvgIpc) is 3.25. The van der Waals surface area contributed by atoms with Crippen molar-refractivity contribution in [2.75, 3.05) is 7.11 Å². The zero-order chi connectivity index (χ0) is 20.1. The van der Waals surface area contributed by atoms with E-state index in [-0.39, 0.29) is 11.7 Å². The SMILES string of the molecule is COc1ccccc1C1=C(C2Cc3ccc(C)cc3C2=O)c2cc(C)ccc2C1. The van der Waals surface area contributed by atoms with Gasteiger partial charge in [-0.1, -0.05) is 59.7 Å². The normalized spacial score (nSPS) is 17.5. The van der Waals surface area contributed by atoms with Gasteiger partial charge in [0.2, 0.25) is 0 Å². The third-order valence-corrected chi connectivity index (χ3v) is 6.30. The second kappa shape index (κ2) is 6.73. The summed E-state index contributed by atoms with van der Waals surface area (Å²) in [6.07, 6.45) is 1.61. The molecule has 0 saturated carbocycles. The number of para-hydroxylation sites is 1. The summed E-state index contributed by atoms with van der Waals surface area (Å²) in [7, 11) is 1.71. The van der Waals surface area contributed by atoms with Crippen LogP contribution in [0.1, 0.15) is 43.7 Å². The van der Waals surface area contributed by atoms with Crippen LogP contribution in [0.25, 0.3) is 11.1 Å². The number of ether oxygens (including phenoxy) is 1. The van der Waals surface area contributed by atoms with Crippen LogP contribution >= 0.6 is 0 Å². The number of ketones is 1. The molecule has 2 aliphatic rings. The van der Waals surface area contributed by atoms with Gasteiger partial charge >= 0.3 is 0 Å². The Labute approximate surface area is 171 Å². The molecule has 1 atom stereocenters. The van der Waals surface area contributed by atoms with Crippen LogP contribution in [0.15, 0.2) is 60.7 Å². The van der Waals surface area contributed by atoms with Crippen molar-refractivity contribution in [3.8, 4) is 5.75 Å². The Balaban J connectivity index is 1.72. The first kappa shape index (κ1) is 17.9. The maximum Gasteiger partial charge on any atom is 0.170 e. The van der Waals surface area contributed by atoms with Crippen molar-refractivity contribution >= 4 is 16.9 Å². The van der Waals surface area contributed by atoms with Crippen LogP contribution in [-0.2, 0) is 12.8 Å². The minimum atomic E-state index is -0.130. The van der Waals surface area contributed by atoms with Crippen molar-refractivity contribution in [1.82, 2.24) is 0 Å². The van der Waals surface area contributed by atoms with Crippen LogP contribution in [0.3, 0.4) is 0 Å². The van der Waals surface area contributed by atoms with E-state index in [9.17, 15) is 4.79 Å². The van der Waals surface area contributed by atoms with E-state index >= 15 is 0 Å². The molecule has 3 aromatic rings. The Morgan fingerprint density at radius 2 is 1.52 bits per heavy atom. The molecule has 5 rings (SSSR count). The quantitative estimate of drug-likeness (QED) is 0.571. The first-order valence-corrected chi connectivity index (χ1v) is 10.2. The molecule has 2 heteroatoms. The molecule has 0 heterocycles. The number of carbonyl (C=O) groups is 1. The van der Waals surface area contributed by atoms with Gasteiger partial charge in [-0.2, -0.15) is 0 Å². The lowest BCUT2D eigenvalue weighted by molar-refractivity contribution is 0.0964. The summed E-state index contributed by atoms with van der Waals surface area (Å²) in [6.45, 7) is 4.17. The van der Waals surface area contributed by atoms with E-state index in [4.69, 9.17) is 4.74 Å². The molecule has 2 nitrogen and oxygen atoms in total. The number of benzene rings is 3. The summed E-state index contributed by atoms with van der Waals surface area (Å²) >= 11 is 0. The lowest BCUT2D eigenvalue weighted by Gasteiger charge is -2.17. The third-order valence-electron chi connectivity index (χ3n) is 6.30. The molecular formula is C27H24O2. The number of hydrogen-bond acceptors (Lipinski definition) is 2. The average molecular weight is 380 g/mol. The topological polar surface area (TPSA) is 26.3 Å². The second-order valence-corrected chi connectivity index (χ2v) is 8.21. The van der Waals surface area contributed by atoms with Gasteiger partial charge in [0.25, 0.3) is 0 Å². The molecule has 0 radical (unpaired) electrons. The van der Waals surface area contributed by atoms with E-state index in [1.807, 2.05) is 24.3 Å². The molecule has 29 heavy (non-hydrogen) atoms. The van der Waals surface area contributed by atoms with Gasteiger partial charge < -0.3 is 4.74 Å². The molecule has 144 valence electrons. The first-order chi connectivity index (χ1) is 14.1. The predicted molar refractivity (Wildman–Crippen MR) is 117 cm³/mol. The van der Waals surface area contributed by atoms with Gasteiger partial charge in [-0.25, -0.2) is 0 Å². The second-order valence-electron chi connectivity index (χ2n) is 8.21. The molecule has 0 N–H and O–H groups in total. The number of methoxy groups -OCH3 is 1. The zero-order valence-electron chi connectivity index (χ0n) is 17.1. The van der Waals surface area contributed by atoms with E-state index in [1.54, 1.807) is 7.11 Å². The van der Waals surface area contributed by atoms with Crippen LogP contribution < -0.4 is 4.74 Å². The Hall–Kier alpha value is -3.13. The van der Waals surface area contributed by atoms with Crippen LogP contribution in [0, 0.1) is 19.8 Å². The highest BCUT2D eigenvalue weighted by Crippen LogP contribution is 2.48. The molecule has 0 bridgehead atoms. The summed E-state index contributed by atoms with van der Waals surface area (Å²) in [4.78, 5) is 13.5. The number of Topliss-reactive ketones (excluding diaryl/α,β-unsaturated/α-hetero) is 1. The van der Waals surface area contributed by atoms with Gasteiger partial charge in [0.1, 0.15) is 5.75 Å². The smallest absolute Gasteiger partial charge is 0.170 e. The minimum absolute atomic E-state index is 0.130. The van der Waals surface area contributed by atoms with Gasteiger partial charge in [0.05, 0.1) is 13.0 Å². The van der Waals surface area contributed by atoms with E-state index in [0.717, 1.165) is 35.3 Å². The number of aryl methyl sites for hydroxylation is 2. The van der Waals surface area contributed by atoms with Crippen LogP contribution in [-0.4, -0.2) is 12.9 Å². The van der Waals surface area contributed by atoms with Crippen molar-refractivity contribution in [3.63, 3.8) is 0 Å². The minimum Gasteiger partial charge on any atom is -0.496 e. The van der Waals surface area contributed by atoms with Crippen molar-refractivity contribution in [2.24, 2.45) is 5.92 Å². The molecule has 0 aromatic heterocycles. The molecule has 0 fully saturated rings. The van der Waals surface area contributed by atoms with E-state index in [2.05, 4.69) is 50.2 Å². The Bertz CT molecular complexity index is 1180. The Morgan fingerprint density at radius 1 is 0.828 bits per heavy atom. The molecule has 0 spiro atoms. The van der Waals surface area contributed by atoms with Crippen LogP contribution in [0.4, 0.5) is 0 Å². The third kappa shape index (κ3) is 2.82. The van der Waals surface area contributed by atoms with Crippen molar-refractivity contribution in [2.45, 2.75) is 26.7 Å². The van der Waals surface area contributed by atoms with Crippen molar-refractivity contribution in [1.29, 1.82) is 0 Å². The summed E-state index contributed by atoms with van der Waals surface area (Å²) < 4.78 is 5.68. The van der Waals surface area contributed by atoms with Gasteiger partial charge in [0, 0.05) is 11.1 Å². The summed E-state index contributed by atoms with van der Waals surface area (Å²) in [5.41, 5.74) is 10.5. The lowest BCUT2D eigenvalue weighted by Crippen LogP contribution is -2.12. The number of rotatable bonds is 3. The Morgan fingerprint density at radius 3 is 2.28 bits per heavy atom. The fraction of sp³-hybridized carbons (Fsp3) is 0.222. The van der Waals surface area contributed by atoms with Crippen LogP contribution in [0.2, 0.25) is 0 Å². The number of allylic oxidation sites excluding steroid dienone is 2. The van der Waals surface area contributed by atoms with E-state index in [1.165, 1.54) is 33.4 Å². The molecule has 0 amide bonds. The van der Waals surface area contributed by atoms with Crippen LogP contribution in [0.5, 0.6) is 5.75 Å². The fourth-order valence-corrected chi connectivity index (χ4v) is 4.91. The largest absolute Gasteiger partial charge is 0.496 e. The van der Waals surface area contributed by atoms with E-state index in [0.29, 0.717) is 0 Å². The number of carbonyl (C=O) groups excluding carboxylic acids is 1. The highest BCUT2D eigenvalue weighted by molar-refractivity contribution is 6.14. The molecular weight excluding hydrogens is 356 g/mol. The molecule has 0 saturated heterocycles. The fourth-order valence-electron chi connectivity index (χ4n) is 4.91. The molecule has 0 aliphatic heterocycles. The number of fused-ring (bicyclic) bond motifs is 2. The van der Waals surface area contributed by atoms with Gasteiger partial charge in [-0.15, -0.1) is 0 Å². The Kier molecular flexibility index (Phi) is 4.16. The number of hydrogen-bond donors (Lipinski definition) is 0. The standard InChI is InChI=1S/C27H24O2/c1-16-8-10-18-14-23(20-6-4-5-7-25(20)29-3)26(21(18)12-16)24-15-19-11-9-17(2)13-22(19)27(24)28/h4-13,24H,14-15H2,1-3H3. The maximum atomic E-state index is 13.5. The molecule has 3 aromatic carbocycles. The van der Waals surface area contributed by atoms with Crippen molar-refractivity contribution in [3.05, 3.63) is 99.6 Å². The van der Waals surface area contributed by atoms with Gasteiger partial charge in [-0.3, -0.25) is 4.79 Å². The first-order valence-electron chi connectivity index (χ1n) is 10.2. The van der Waals surface area contributed by atoms with Gasteiger partial charge in [-0.05, 0) is 66.7 Å². The predicted octanol–water partition coefficient (Wildman–Crippen LogP) is 5.83. The van der Waals surface area contributed by atoms with Crippen molar-refractivity contribution < 1.29 is 9.53 Å². The maximum absolute atomic E-state index is 13.5. The lowest BCUT2D eigenvalue weighted by atomic mass is 9.86. The molecule has 1 unspecified atom stereocenters. The van der Waals surface area contributed by atoms with E-state index < -0.39 is 0 Å². The zero-order valence-corrected chi connectivity index (χ0v) is 17.1. The summed E-state index contributed by atoms with van der Waals surface area (Å²) in [5.74, 6) is 0.985.